The summed E-state index contributed by atoms with van der Waals surface area (Å²) in [6.07, 6.45) is 0.147. The van der Waals surface area contributed by atoms with Gasteiger partial charge in [0.1, 0.15) is 5.58 Å². The molecule has 4 heteroatoms. The van der Waals surface area contributed by atoms with Crippen molar-refractivity contribution >= 4 is 16.9 Å². The first kappa shape index (κ1) is 13.6. The number of fused-ring (bicyclic) bond motifs is 1. The molecule has 0 radical (unpaired) electrons. The Labute approximate surface area is 112 Å². The number of aryl methyl sites for hydroxylation is 1. The lowest BCUT2D eigenvalue weighted by atomic mass is 10.1. The second kappa shape index (κ2) is 5.45. The molecule has 0 spiro atoms. The second-order valence-corrected chi connectivity index (χ2v) is 4.92. The van der Waals surface area contributed by atoms with E-state index in [2.05, 4.69) is 0 Å². The molecule has 0 aliphatic carbocycles. The van der Waals surface area contributed by atoms with Crippen molar-refractivity contribution in [2.24, 2.45) is 0 Å². The summed E-state index contributed by atoms with van der Waals surface area (Å²) in [5.74, 6) is 0.239. The van der Waals surface area contributed by atoms with Crippen LogP contribution < -0.4 is 0 Å². The zero-order valence-electron chi connectivity index (χ0n) is 11.5. The zero-order chi connectivity index (χ0) is 14.0. The first-order valence-electron chi connectivity index (χ1n) is 6.42. The number of furan rings is 1. The predicted molar refractivity (Wildman–Crippen MR) is 74.2 cm³/mol. The third kappa shape index (κ3) is 2.79. The Bertz CT molecular complexity index is 586. The van der Waals surface area contributed by atoms with Crippen LogP contribution >= 0.6 is 0 Å². The van der Waals surface area contributed by atoms with Gasteiger partial charge < -0.3 is 14.4 Å². The largest absolute Gasteiger partial charge is 0.451 e. The van der Waals surface area contributed by atoms with Crippen molar-refractivity contribution in [3.8, 4) is 0 Å². The summed E-state index contributed by atoms with van der Waals surface area (Å²) in [5.41, 5.74) is 1.59. The van der Waals surface area contributed by atoms with Crippen LogP contribution in [0.1, 0.15) is 29.5 Å². The molecular weight excluding hydrogens is 242 g/mol. The minimum Gasteiger partial charge on any atom is -0.451 e. The van der Waals surface area contributed by atoms with E-state index in [1.165, 1.54) is 0 Å². The summed E-state index contributed by atoms with van der Waals surface area (Å²) in [6, 6.07) is 7.61. The van der Waals surface area contributed by atoms with Gasteiger partial charge >= 0.3 is 0 Å². The highest BCUT2D eigenvalue weighted by Crippen LogP contribution is 2.25. The highest BCUT2D eigenvalue weighted by Gasteiger charge is 2.20. The summed E-state index contributed by atoms with van der Waals surface area (Å²) >= 11 is 0. The molecule has 102 valence electrons. The number of benzene rings is 1. The number of aliphatic hydroxyl groups excluding tert-OH is 1. The van der Waals surface area contributed by atoms with E-state index in [0.29, 0.717) is 18.7 Å². The molecule has 0 fully saturated rings. The summed E-state index contributed by atoms with van der Waals surface area (Å²) in [5, 5.41) is 10.2. The summed E-state index contributed by atoms with van der Waals surface area (Å²) < 4.78 is 5.63. The molecule has 0 bridgehead atoms. The first-order chi connectivity index (χ1) is 9.00. The maximum absolute atomic E-state index is 12.3. The molecular formula is C15H19NO3. The van der Waals surface area contributed by atoms with Crippen molar-refractivity contribution in [1.82, 2.24) is 4.90 Å². The molecule has 2 rings (SSSR count). The van der Waals surface area contributed by atoms with Crippen LogP contribution in [-0.4, -0.2) is 35.6 Å². The number of hydrogen-bond acceptors (Lipinski definition) is 3. The van der Waals surface area contributed by atoms with Crippen molar-refractivity contribution in [1.29, 1.82) is 0 Å². The van der Waals surface area contributed by atoms with Gasteiger partial charge in [-0.3, -0.25) is 4.79 Å². The van der Waals surface area contributed by atoms with Gasteiger partial charge in [-0.05, 0) is 26.3 Å². The Kier molecular flexibility index (Phi) is 3.90. The number of aliphatic hydroxyl groups is 1. The van der Waals surface area contributed by atoms with Crippen LogP contribution in [0, 0.1) is 6.92 Å². The number of nitrogens with zero attached hydrogens (tertiary/aromatic N) is 1. The van der Waals surface area contributed by atoms with E-state index in [1.807, 2.05) is 31.2 Å². The summed E-state index contributed by atoms with van der Waals surface area (Å²) in [4.78, 5) is 13.9. The van der Waals surface area contributed by atoms with E-state index < -0.39 is 6.10 Å². The number of para-hydroxylation sites is 1. The van der Waals surface area contributed by atoms with Crippen LogP contribution in [0.5, 0.6) is 0 Å². The number of carbonyl (C=O) groups excluding carboxylic acids is 1. The normalized spacial score (nSPS) is 12.6. The fourth-order valence-electron chi connectivity index (χ4n) is 2.03. The van der Waals surface area contributed by atoms with Crippen molar-refractivity contribution in [2.45, 2.75) is 26.4 Å². The molecule has 1 amide bonds. The lowest BCUT2D eigenvalue weighted by molar-refractivity contribution is 0.0739. The van der Waals surface area contributed by atoms with Crippen molar-refractivity contribution < 1.29 is 14.3 Å². The average Bonchev–Trinajstić information content (AvgIpc) is 2.73. The maximum Gasteiger partial charge on any atom is 0.289 e. The van der Waals surface area contributed by atoms with Crippen LogP contribution in [0.2, 0.25) is 0 Å². The van der Waals surface area contributed by atoms with Gasteiger partial charge in [-0.25, -0.2) is 0 Å². The highest BCUT2D eigenvalue weighted by molar-refractivity contribution is 5.98. The third-order valence-corrected chi connectivity index (χ3v) is 3.27. The number of rotatable bonds is 4. The molecule has 1 heterocycles. The van der Waals surface area contributed by atoms with Crippen LogP contribution in [0.4, 0.5) is 0 Å². The molecule has 0 aliphatic rings. The fraction of sp³-hybridized carbons (Fsp3) is 0.400. The Morgan fingerprint density at radius 2 is 2.11 bits per heavy atom. The van der Waals surface area contributed by atoms with Gasteiger partial charge in [-0.1, -0.05) is 18.2 Å². The molecule has 1 unspecified atom stereocenters. The number of carbonyl (C=O) groups is 1. The summed E-state index contributed by atoms with van der Waals surface area (Å²) in [6.45, 7) is 4.11. The van der Waals surface area contributed by atoms with Crippen molar-refractivity contribution in [3.05, 3.63) is 35.6 Å². The lowest BCUT2D eigenvalue weighted by Crippen LogP contribution is -2.29. The fourth-order valence-corrected chi connectivity index (χ4v) is 2.03. The van der Waals surface area contributed by atoms with Crippen LogP contribution in [0.25, 0.3) is 11.0 Å². The van der Waals surface area contributed by atoms with E-state index in [9.17, 15) is 9.90 Å². The molecule has 19 heavy (non-hydrogen) atoms. The second-order valence-electron chi connectivity index (χ2n) is 4.92. The van der Waals surface area contributed by atoms with E-state index in [4.69, 9.17) is 4.42 Å². The van der Waals surface area contributed by atoms with Gasteiger partial charge in [-0.2, -0.15) is 0 Å². The standard InChI is InChI=1S/C15H19NO3/c1-10(17)8-9-16(3)15(18)14-11(2)12-6-4-5-7-13(12)19-14/h4-7,10,17H,8-9H2,1-3H3. The maximum atomic E-state index is 12.3. The molecule has 0 aliphatic heterocycles. The van der Waals surface area contributed by atoms with Gasteiger partial charge in [0.15, 0.2) is 5.76 Å². The monoisotopic (exact) mass is 261 g/mol. The van der Waals surface area contributed by atoms with Crippen molar-refractivity contribution in [2.75, 3.05) is 13.6 Å². The highest BCUT2D eigenvalue weighted by atomic mass is 16.3. The number of hydrogen-bond donors (Lipinski definition) is 1. The minimum atomic E-state index is -0.410. The molecule has 0 saturated carbocycles. The lowest BCUT2D eigenvalue weighted by Gasteiger charge is -2.16. The molecule has 4 nitrogen and oxygen atoms in total. The van der Waals surface area contributed by atoms with Crippen LogP contribution in [0.15, 0.2) is 28.7 Å². The van der Waals surface area contributed by atoms with Crippen LogP contribution in [0.3, 0.4) is 0 Å². The Morgan fingerprint density at radius 3 is 2.74 bits per heavy atom. The van der Waals surface area contributed by atoms with E-state index in [0.717, 1.165) is 16.5 Å². The Hall–Kier alpha value is -1.81. The SMILES string of the molecule is Cc1c(C(=O)N(C)CCC(C)O)oc2ccccc12. The molecule has 1 aromatic heterocycles. The minimum absolute atomic E-state index is 0.144. The molecule has 2 aromatic rings. The molecule has 1 N–H and O–H groups in total. The smallest absolute Gasteiger partial charge is 0.289 e. The van der Waals surface area contributed by atoms with Crippen molar-refractivity contribution in [3.63, 3.8) is 0 Å². The third-order valence-electron chi connectivity index (χ3n) is 3.27. The van der Waals surface area contributed by atoms with Gasteiger partial charge in [-0.15, -0.1) is 0 Å². The molecule has 1 atom stereocenters. The van der Waals surface area contributed by atoms with Gasteiger partial charge in [0.25, 0.3) is 5.91 Å². The molecule has 1 aromatic carbocycles. The quantitative estimate of drug-likeness (QED) is 0.920. The van der Waals surface area contributed by atoms with E-state index in [1.54, 1.807) is 18.9 Å². The Morgan fingerprint density at radius 1 is 1.42 bits per heavy atom. The predicted octanol–water partition coefficient (Wildman–Crippen LogP) is 2.58. The average molecular weight is 261 g/mol. The van der Waals surface area contributed by atoms with E-state index >= 15 is 0 Å². The number of amides is 1. The first-order valence-corrected chi connectivity index (χ1v) is 6.42. The van der Waals surface area contributed by atoms with E-state index in [-0.39, 0.29) is 5.91 Å². The van der Waals surface area contributed by atoms with Crippen LogP contribution in [-0.2, 0) is 0 Å². The topological polar surface area (TPSA) is 53.7 Å². The van der Waals surface area contributed by atoms with Gasteiger partial charge in [0.05, 0.1) is 6.10 Å². The van der Waals surface area contributed by atoms with Gasteiger partial charge in [0.2, 0.25) is 0 Å². The molecule has 0 saturated heterocycles. The zero-order valence-corrected chi connectivity index (χ0v) is 11.5. The summed E-state index contributed by atoms with van der Waals surface area (Å²) in [7, 11) is 1.72. The van der Waals surface area contributed by atoms with Gasteiger partial charge in [0, 0.05) is 24.5 Å². The Balaban J connectivity index is 2.24.